The number of hydrogen-bond donors (Lipinski definition) is 1. The van der Waals surface area contributed by atoms with E-state index in [1.807, 2.05) is 4.57 Å². The Morgan fingerprint density at radius 2 is 2.19 bits per heavy atom. The minimum atomic E-state index is -0.277. The highest BCUT2D eigenvalue weighted by molar-refractivity contribution is 6.31. The minimum absolute atomic E-state index is 0.0803. The Bertz CT molecular complexity index is 1430. The molecule has 164 valence electrons. The zero-order valence-corrected chi connectivity index (χ0v) is 18.3. The maximum Gasteiger partial charge on any atom is 0.293 e. The van der Waals surface area contributed by atoms with Gasteiger partial charge in [0.1, 0.15) is 23.1 Å². The Balaban J connectivity index is 1.57. The molecule has 1 aromatic carbocycles. The third-order valence-electron chi connectivity index (χ3n) is 5.56. The van der Waals surface area contributed by atoms with Crippen LogP contribution in [0.1, 0.15) is 25.7 Å². The van der Waals surface area contributed by atoms with Gasteiger partial charge in [0.15, 0.2) is 5.58 Å². The number of fused-ring (bicyclic) bond motifs is 2. The van der Waals surface area contributed by atoms with Gasteiger partial charge in [-0.05, 0) is 38.0 Å². The first-order valence-corrected chi connectivity index (χ1v) is 10.8. The fourth-order valence-corrected chi connectivity index (χ4v) is 4.24. The summed E-state index contributed by atoms with van der Waals surface area (Å²) in [6.07, 6.45) is 3.56. The molecule has 1 aliphatic heterocycles. The van der Waals surface area contributed by atoms with Crippen LogP contribution in [0.2, 0.25) is 5.02 Å². The van der Waals surface area contributed by atoms with E-state index in [4.69, 9.17) is 26.7 Å². The summed E-state index contributed by atoms with van der Waals surface area (Å²) in [5.74, 6) is 7.03. The maximum atomic E-state index is 13.4. The molecule has 3 aromatic heterocycles. The maximum absolute atomic E-state index is 13.4. The second-order valence-electron chi connectivity index (χ2n) is 7.83. The molecule has 5 rings (SSSR count). The number of imidazole rings is 1. The van der Waals surface area contributed by atoms with Crippen molar-refractivity contribution in [3.05, 3.63) is 45.7 Å². The van der Waals surface area contributed by atoms with Crippen LogP contribution in [0.5, 0.6) is 0 Å². The number of hydrogen-bond acceptors (Lipinski definition) is 7. The summed E-state index contributed by atoms with van der Waals surface area (Å²) in [6.45, 7) is 3.75. The van der Waals surface area contributed by atoms with Crippen LogP contribution in [-0.4, -0.2) is 43.4 Å². The molecule has 1 aliphatic rings. The predicted octanol–water partition coefficient (Wildman–Crippen LogP) is 2.39. The normalized spacial score (nSPS) is 16.5. The molecular weight excluding hydrogens is 430 g/mol. The van der Waals surface area contributed by atoms with Crippen LogP contribution in [-0.2, 0) is 13.1 Å². The molecule has 4 heterocycles. The number of piperidine rings is 1. The summed E-state index contributed by atoms with van der Waals surface area (Å²) >= 11 is 6.03. The van der Waals surface area contributed by atoms with Crippen molar-refractivity contribution in [2.45, 2.75) is 38.9 Å². The summed E-state index contributed by atoms with van der Waals surface area (Å²) in [7, 11) is 0. The molecule has 32 heavy (non-hydrogen) atoms. The van der Waals surface area contributed by atoms with Crippen molar-refractivity contribution in [1.29, 1.82) is 0 Å². The molecule has 1 saturated heterocycles. The number of nitrogens with zero attached hydrogens (tertiary/aromatic N) is 6. The quantitative estimate of drug-likeness (QED) is 0.474. The molecule has 0 spiro atoms. The topological polar surface area (TPSA) is 108 Å². The first-order chi connectivity index (χ1) is 15.5. The molecule has 0 radical (unpaired) electrons. The Morgan fingerprint density at radius 3 is 3.00 bits per heavy atom. The number of rotatable bonds is 4. The number of halogens is 1. The number of aromatic nitrogens is 5. The lowest BCUT2D eigenvalue weighted by atomic mass is 10.1. The number of nitrogens with two attached hydrogens (primary N) is 1. The Hall–Kier alpha value is -3.35. The van der Waals surface area contributed by atoms with E-state index in [0.717, 1.165) is 19.4 Å². The van der Waals surface area contributed by atoms with Crippen molar-refractivity contribution in [2.75, 3.05) is 18.0 Å². The third-order valence-corrected chi connectivity index (χ3v) is 5.80. The number of anilines is 1. The first-order valence-electron chi connectivity index (χ1n) is 10.4. The molecule has 4 aromatic rings. The zero-order chi connectivity index (χ0) is 22.2. The Kier molecular flexibility index (Phi) is 5.33. The lowest BCUT2D eigenvalue weighted by Crippen LogP contribution is -2.44. The standard InChI is InChI=1S/C22H22ClN7O2/c1-2-3-9-29-20-17(27-22(29)28-8-4-5-15(24)12-28)11-25-30(21(20)31)13-19-26-16-10-14(23)6-7-18(16)32-19/h6-7,10-11,15H,4-5,8-9,12-13,24H2,1H3. The summed E-state index contributed by atoms with van der Waals surface area (Å²) in [6, 6.07) is 5.28. The highest BCUT2D eigenvalue weighted by Crippen LogP contribution is 2.24. The molecule has 0 saturated carbocycles. The van der Waals surface area contributed by atoms with Crippen LogP contribution >= 0.6 is 11.6 Å². The molecule has 0 amide bonds. The average molecular weight is 452 g/mol. The molecule has 1 fully saturated rings. The van der Waals surface area contributed by atoms with E-state index in [-0.39, 0.29) is 18.1 Å². The fourth-order valence-electron chi connectivity index (χ4n) is 4.07. The second-order valence-corrected chi connectivity index (χ2v) is 8.27. The van der Waals surface area contributed by atoms with E-state index in [0.29, 0.717) is 52.1 Å². The second kappa shape index (κ2) is 8.30. The summed E-state index contributed by atoms with van der Waals surface area (Å²) in [5, 5.41) is 4.88. The van der Waals surface area contributed by atoms with Crippen LogP contribution in [0.3, 0.4) is 0 Å². The summed E-state index contributed by atoms with van der Waals surface area (Å²) in [4.78, 5) is 24.7. The molecule has 9 nitrogen and oxygen atoms in total. The van der Waals surface area contributed by atoms with Gasteiger partial charge in [-0.25, -0.2) is 14.6 Å². The van der Waals surface area contributed by atoms with Gasteiger partial charge in [0.05, 0.1) is 12.7 Å². The van der Waals surface area contributed by atoms with Crippen molar-refractivity contribution in [3.63, 3.8) is 0 Å². The van der Waals surface area contributed by atoms with Gasteiger partial charge < -0.3 is 15.1 Å². The van der Waals surface area contributed by atoms with Gasteiger partial charge in [0.25, 0.3) is 5.56 Å². The van der Waals surface area contributed by atoms with Gasteiger partial charge in [-0.3, -0.25) is 9.36 Å². The Labute approximate surface area is 188 Å². The van der Waals surface area contributed by atoms with E-state index >= 15 is 0 Å². The molecular formula is C22H22ClN7O2. The van der Waals surface area contributed by atoms with E-state index in [1.54, 1.807) is 31.3 Å². The van der Waals surface area contributed by atoms with Crippen LogP contribution in [0.25, 0.3) is 22.1 Å². The van der Waals surface area contributed by atoms with Crippen LogP contribution in [0, 0.1) is 11.8 Å². The first kappa shape index (κ1) is 20.5. The zero-order valence-electron chi connectivity index (χ0n) is 17.6. The number of benzene rings is 1. The van der Waals surface area contributed by atoms with Crippen LogP contribution in [0.15, 0.2) is 33.6 Å². The summed E-state index contributed by atoms with van der Waals surface area (Å²) in [5.41, 5.74) is 8.12. The SMILES string of the molecule is CC#CCn1c(N2CCCC(N)C2)nc2cnn(Cc3nc4cc(Cl)ccc4o3)c(=O)c21. The van der Waals surface area contributed by atoms with E-state index in [9.17, 15) is 4.79 Å². The third kappa shape index (κ3) is 3.72. The van der Waals surface area contributed by atoms with Crippen molar-refractivity contribution < 1.29 is 4.42 Å². The molecule has 0 aliphatic carbocycles. The van der Waals surface area contributed by atoms with Crippen molar-refractivity contribution in [1.82, 2.24) is 24.3 Å². The molecule has 1 unspecified atom stereocenters. The van der Waals surface area contributed by atoms with Gasteiger partial charge in [-0.2, -0.15) is 5.10 Å². The average Bonchev–Trinajstić information content (AvgIpc) is 3.35. The highest BCUT2D eigenvalue weighted by Gasteiger charge is 2.24. The van der Waals surface area contributed by atoms with Gasteiger partial charge in [-0.1, -0.05) is 17.5 Å². The largest absolute Gasteiger partial charge is 0.439 e. The fraction of sp³-hybridized carbons (Fsp3) is 0.364. The molecule has 10 heteroatoms. The lowest BCUT2D eigenvalue weighted by molar-refractivity contribution is 0.482. The van der Waals surface area contributed by atoms with Gasteiger partial charge >= 0.3 is 0 Å². The smallest absolute Gasteiger partial charge is 0.293 e. The van der Waals surface area contributed by atoms with Crippen molar-refractivity contribution >= 4 is 39.7 Å². The lowest BCUT2D eigenvalue weighted by Gasteiger charge is -2.31. The molecule has 1 atom stereocenters. The van der Waals surface area contributed by atoms with Crippen molar-refractivity contribution in [2.24, 2.45) is 5.73 Å². The minimum Gasteiger partial charge on any atom is -0.439 e. The predicted molar refractivity (Wildman–Crippen MR) is 123 cm³/mol. The van der Waals surface area contributed by atoms with Gasteiger partial charge in [0.2, 0.25) is 11.8 Å². The molecule has 2 N–H and O–H groups in total. The Morgan fingerprint density at radius 1 is 1.31 bits per heavy atom. The van der Waals surface area contributed by atoms with Crippen LogP contribution in [0.4, 0.5) is 5.95 Å². The van der Waals surface area contributed by atoms with Crippen LogP contribution < -0.4 is 16.2 Å². The van der Waals surface area contributed by atoms with Gasteiger partial charge in [0, 0.05) is 24.2 Å². The number of oxazole rings is 1. The van der Waals surface area contributed by atoms with E-state index in [1.165, 1.54) is 4.68 Å². The van der Waals surface area contributed by atoms with E-state index < -0.39 is 0 Å². The summed E-state index contributed by atoms with van der Waals surface area (Å²) < 4.78 is 8.95. The van der Waals surface area contributed by atoms with Crippen molar-refractivity contribution in [3.8, 4) is 11.8 Å². The van der Waals surface area contributed by atoms with E-state index in [2.05, 4.69) is 26.8 Å². The monoisotopic (exact) mass is 451 g/mol. The van der Waals surface area contributed by atoms with Gasteiger partial charge in [-0.15, -0.1) is 5.92 Å². The molecule has 0 bridgehead atoms. The highest BCUT2D eigenvalue weighted by atomic mass is 35.5.